The van der Waals surface area contributed by atoms with Gasteiger partial charge in [-0.25, -0.2) is 14.4 Å². The Morgan fingerprint density at radius 1 is 0.864 bits per heavy atom. The number of nitrogens with one attached hydrogen (secondary N) is 2. The van der Waals surface area contributed by atoms with Gasteiger partial charge in [-0.3, -0.25) is 9.69 Å². The third kappa shape index (κ3) is 12.8. The summed E-state index contributed by atoms with van der Waals surface area (Å²) in [6.45, 7) is 8.73. The molecule has 0 aliphatic rings. The van der Waals surface area contributed by atoms with Gasteiger partial charge in [0.05, 0.1) is 0 Å². The number of nitrogens with zero attached hydrogens (tertiary/aromatic N) is 2. The number of hydrogen-bond acceptors (Lipinski definition) is 8. The maximum Gasteiger partial charge on any atom is 0.414 e. The molecule has 0 unspecified atom stereocenters. The molecule has 3 amide bonds. The van der Waals surface area contributed by atoms with Gasteiger partial charge in [-0.05, 0) is 48.4 Å². The van der Waals surface area contributed by atoms with Gasteiger partial charge >= 0.3 is 24.1 Å². The van der Waals surface area contributed by atoms with Crippen LogP contribution in [0.5, 0.6) is 0 Å². The molecule has 1 atom stereocenters. The molecule has 0 radical (unpaired) electrons. The molecule has 0 aliphatic carbocycles. The number of amides is 3. The van der Waals surface area contributed by atoms with E-state index >= 15 is 0 Å². The van der Waals surface area contributed by atoms with E-state index in [1.165, 1.54) is 17.1 Å². The van der Waals surface area contributed by atoms with Crippen LogP contribution in [-0.4, -0.2) is 74.1 Å². The van der Waals surface area contributed by atoms with Crippen LogP contribution in [0.15, 0.2) is 73.8 Å². The zero-order valence-electron chi connectivity index (χ0n) is 24.6. The van der Waals surface area contributed by atoms with Crippen LogP contribution in [0.3, 0.4) is 0 Å². The lowest BCUT2D eigenvalue weighted by atomic mass is 10.1. The third-order valence-electron chi connectivity index (χ3n) is 6.09. The summed E-state index contributed by atoms with van der Waals surface area (Å²) in [4.78, 5) is 53.1. The normalized spacial score (nSPS) is 11.0. The van der Waals surface area contributed by atoms with Crippen molar-refractivity contribution in [3.63, 3.8) is 0 Å². The minimum absolute atomic E-state index is 0.0189. The first-order valence-electron chi connectivity index (χ1n) is 13.8. The number of carbonyl (C=O) groups is 4. The molecule has 0 heterocycles. The van der Waals surface area contributed by atoms with Gasteiger partial charge in [-0.1, -0.05) is 69.3 Å². The largest absolute Gasteiger partial charge is 0.461 e. The average Bonchev–Trinajstić information content (AvgIpc) is 3.03. The molecule has 2 aromatic rings. The predicted molar refractivity (Wildman–Crippen MR) is 179 cm³/mol. The van der Waals surface area contributed by atoms with Crippen molar-refractivity contribution in [3.05, 3.63) is 79.4 Å². The Balaban J connectivity index is 1.90. The highest BCUT2D eigenvalue weighted by molar-refractivity contribution is 9.09. The molecular weight excluding hydrogens is 700 g/mol. The van der Waals surface area contributed by atoms with Crippen molar-refractivity contribution in [2.75, 3.05) is 59.1 Å². The topological polar surface area (TPSA) is 127 Å². The SMILES string of the molecule is C=CCOC(=O)CC[C@H](NC(=O)Nc1ccc(COC(=O)N(C)c2ccc(N(CCBr)CCBr)cc2)cc1)C(=O)OCC=C. The zero-order valence-corrected chi connectivity index (χ0v) is 27.8. The van der Waals surface area contributed by atoms with Gasteiger partial charge in [-0.15, -0.1) is 0 Å². The van der Waals surface area contributed by atoms with Crippen molar-refractivity contribution in [1.29, 1.82) is 0 Å². The highest BCUT2D eigenvalue weighted by Gasteiger charge is 2.23. The second kappa shape index (κ2) is 20.2. The first-order chi connectivity index (χ1) is 21.2. The molecule has 0 aliphatic heterocycles. The number of rotatable bonds is 18. The molecule has 2 aromatic carbocycles. The number of esters is 2. The molecule has 44 heavy (non-hydrogen) atoms. The second-order valence-electron chi connectivity index (χ2n) is 9.27. The van der Waals surface area contributed by atoms with Gasteiger partial charge in [0.25, 0.3) is 0 Å². The van der Waals surface area contributed by atoms with E-state index in [2.05, 4.69) is 60.6 Å². The van der Waals surface area contributed by atoms with Crippen molar-refractivity contribution in [2.24, 2.45) is 0 Å². The van der Waals surface area contributed by atoms with Crippen LogP contribution in [-0.2, 0) is 30.4 Å². The summed E-state index contributed by atoms with van der Waals surface area (Å²) in [5, 5.41) is 6.85. The van der Waals surface area contributed by atoms with Crippen LogP contribution in [0.25, 0.3) is 0 Å². The summed E-state index contributed by atoms with van der Waals surface area (Å²) in [7, 11) is 1.64. The number of anilines is 3. The molecule has 0 aromatic heterocycles. The van der Waals surface area contributed by atoms with Gasteiger partial charge in [0, 0.05) is 54.3 Å². The van der Waals surface area contributed by atoms with Gasteiger partial charge in [0.1, 0.15) is 25.9 Å². The standard InChI is InChI=1S/C31H38Br2N4O7/c1-4-20-42-28(38)15-14-27(29(39)43-21-5-2)35-30(40)34-24-8-6-23(7-9-24)22-44-31(41)36(3)25-10-12-26(13-11-25)37(18-16-32)19-17-33/h4-13,27H,1-2,14-22H2,3H3,(H2,34,35,40)/t27-/m0/s1. The first-order valence-corrected chi connectivity index (χ1v) is 16.0. The second-order valence-corrected chi connectivity index (χ2v) is 10.9. The lowest BCUT2D eigenvalue weighted by Crippen LogP contribution is -2.44. The van der Waals surface area contributed by atoms with E-state index < -0.39 is 30.1 Å². The number of carbonyl (C=O) groups excluding carboxylic acids is 4. The highest BCUT2D eigenvalue weighted by atomic mass is 79.9. The van der Waals surface area contributed by atoms with E-state index in [1.54, 1.807) is 31.3 Å². The van der Waals surface area contributed by atoms with E-state index in [0.29, 0.717) is 16.9 Å². The molecule has 0 bridgehead atoms. The van der Waals surface area contributed by atoms with E-state index in [-0.39, 0.29) is 32.7 Å². The fourth-order valence-electron chi connectivity index (χ4n) is 3.79. The number of hydrogen-bond donors (Lipinski definition) is 2. The van der Waals surface area contributed by atoms with Crippen LogP contribution in [0.1, 0.15) is 18.4 Å². The Kier molecular flexibility index (Phi) is 16.7. The first kappa shape index (κ1) is 36.4. The molecule has 2 rings (SSSR count). The average molecular weight is 738 g/mol. The van der Waals surface area contributed by atoms with Gasteiger partial charge < -0.3 is 29.7 Å². The third-order valence-corrected chi connectivity index (χ3v) is 6.80. The van der Waals surface area contributed by atoms with Crippen molar-refractivity contribution < 1.29 is 33.4 Å². The maximum atomic E-state index is 12.7. The molecule has 0 saturated carbocycles. The monoisotopic (exact) mass is 736 g/mol. The summed E-state index contributed by atoms with van der Waals surface area (Å²) in [5.74, 6) is -1.24. The molecule has 238 valence electrons. The van der Waals surface area contributed by atoms with Crippen LogP contribution in [0.4, 0.5) is 26.7 Å². The lowest BCUT2D eigenvalue weighted by molar-refractivity contribution is -0.146. The molecular formula is C31H38Br2N4O7. The predicted octanol–water partition coefficient (Wildman–Crippen LogP) is 5.78. The van der Waals surface area contributed by atoms with Crippen LogP contribution in [0.2, 0.25) is 0 Å². The van der Waals surface area contributed by atoms with E-state index in [1.807, 2.05) is 24.3 Å². The summed E-state index contributed by atoms with van der Waals surface area (Å²) in [6, 6.07) is 12.6. The van der Waals surface area contributed by atoms with Crippen molar-refractivity contribution in [3.8, 4) is 0 Å². The summed E-state index contributed by atoms with van der Waals surface area (Å²) < 4.78 is 15.4. The van der Waals surface area contributed by atoms with Crippen molar-refractivity contribution >= 4 is 73.0 Å². The Hall–Kier alpha value is -3.84. The smallest absolute Gasteiger partial charge is 0.414 e. The molecule has 0 spiro atoms. The number of ether oxygens (including phenoxy) is 3. The number of alkyl halides is 2. The highest BCUT2D eigenvalue weighted by Crippen LogP contribution is 2.21. The fourth-order valence-corrected chi connectivity index (χ4v) is 4.65. The molecule has 13 heteroatoms. The summed E-state index contributed by atoms with van der Waals surface area (Å²) >= 11 is 6.96. The van der Waals surface area contributed by atoms with Gasteiger partial charge in [0.2, 0.25) is 0 Å². The molecule has 0 saturated heterocycles. The lowest BCUT2D eigenvalue weighted by Gasteiger charge is -2.24. The Labute approximate surface area is 274 Å². The van der Waals surface area contributed by atoms with Crippen molar-refractivity contribution in [2.45, 2.75) is 25.5 Å². The van der Waals surface area contributed by atoms with Crippen LogP contribution >= 0.6 is 31.9 Å². The van der Waals surface area contributed by atoms with E-state index in [0.717, 1.165) is 29.4 Å². The Morgan fingerprint density at radius 2 is 1.45 bits per heavy atom. The number of benzene rings is 2. The van der Waals surface area contributed by atoms with E-state index in [4.69, 9.17) is 14.2 Å². The van der Waals surface area contributed by atoms with Gasteiger partial charge in [0.15, 0.2) is 0 Å². The van der Waals surface area contributed by atoms with Crippen molar-refractivity contribution in [1.82, 2.24) is 5.32 Å². The van der Waals surface area contributed by atoms with Crippen LogP contribution in [0, 0.1) is 0 Å². The quantitative estimate of drug-likeness (QED) is 0.0854. The fraction of sp³-hybridized carbons (Fsp3) is 0.355. The summed E-state index contributed by atoms with van der Waals surface area (Å²) in [5.41, 5.74) is 2.90. The Morgan fingerprint density at radius 3 is 2.05 bits per heavy atom. The molecule has 11 nitrogen and oxygen atoms in total. The molecule has 0 fully saturated rings. The zero-order chi connectivity index (χ0) is 32.3. The molecule has 2 N–H and O–H groups in total. The van der Waals surface area contributed by atoms with E-state index in [9.17, 15) is 19.2 Å². The van der Waals surface area contributed by atoms with Crippen LogP contribution < -0.4 is 20.4 Å². The minimum Gasteiger partial charge on any atom is -0.461 e. The number of halogens is 2. The number of urea groups is 1. The van der Waals surface area contributed by atoms with Gasteiger partial charge in [-0.2, -0.15) is 0 Å². The summed E-state index contributed by atoms with van der Waals surface area (Å²) in [6.07, 6.45) is 2.19. The Bertz CT molecular complexity index is 1240. The minimum atomic E-state index is -1.08. The maximum absolute atomic E-state index is 12.7.